The second-order valence-electron chi connectivity index (χ2n) is 8.25. The molecule has 0 saturated carbocycles. The number of H-pyrrole nitrogens is 1. The maximum absolute atomic E-state index is 15.9. The van der Waals surface area contributed by atoms with Crippen LogP contribution in [0.5, 0.6) is 0 Å². The second-order valence-corrected chi connectivity index (χ2v) is 10.3. The number of phosphoric acid groups is 1. The molecular formula is C21H22ClF2N2O9P. The molecule has 0 radical (unpaired) electrons. The average molecular weight is 551 g/mol. The lowest BCUT2D eigenvalue weighted by molar-refractivity contribution is -0.159. The number of rotatable bonds is 7. The predicted octanol–water partition coefficient (Wildman–Crippen LogP) is 3.00. The van der Waals surface area contributed by atoms with Crippen molar-refractivity contribution < 1.29 is 41.2 Å². The van der Waals surface area contributed by atoms with E-state index in [4.69, 9.17) is 34.6 Å². The van der Waals surface area contributed by atoms with Gasteiger partial charge in [-0.05, 0) is 24.6 Å². The Bertz CT molecular complexity index is 1290. The zero-order valence-electron chi connectivity index (χ0n) is 18.8. The minimum absolute atomic E-state index is 0.0104. The standard InChI is InChI=1S/C21H22ClF2N2O9P/c1-21(24)18(34-17(28)10-23)15(33-19(21)26-7-5-16(27)25-20(26)29)11-32-36(30)31-8-6-14(35-36)12-3-2-4-13(22)9-12/h2-5,7,9,14-15,18-19H,6,8,10-11H2,1H3,(H,25,27,29)/t14-,15+,18+,19+,21+,36+/m0/s1. The molecule has 2 saturated heterocycles. The second kappa shape index (κ2) is 10.5. The highest BCUT2D eigenvalue weighted by molar-refractivity contribution is 7.48. The molecule has 36 heavy (non-hydrogen) atoms. The van der Waals surface area contributed by atoms with Gasteiger partial charge in [-0.2, -0.15) is 0 Å². The van der Waals surface area contributed by atoms with Gasteiger partial charge in [0.25, 0.3) is 5.56 Å². The third kappa shape index (κ3) is 5.61. The number of phosphoric ester groups is 1. The number of hydrogen-bond acceptors (Lipinski definition) is 9. The summed E-state index contributed by atoms with van der Waals surface area (Å²) in [6.45, 7) is -1.24. The van der Waals surface area contributed by atoms with Crippen LogP contribution in [0.2, 0.25) is 5.02 Å². The molecule has 0 spiro atoms. The summed E-state index contributed by atoms with van der Waals surface area (Å²) in [6, 6.07) is 7.68. The third-order valence-corrected chi connectivity index (χ3v) is 7.37. The van der Waals surface area contributed by atoms with Crippen molar-refractivity contribution in [1.29, 1.82) is 0 Å². The monoisotopic (exact) mass is 550 g/mol. The Morgan fingerprint density at radius 2 is 2.14 bits per heavy atom. The van der Waals surface area contributed by atoms with Gasteiger partial charge in [-0.3, -0.25) is 27.9 Å². The Morgan fingerprint density at radius 3 is 2.83 bits per heavy atom. The van der Waals surface area contributed by atoms with E-state index in [1.165, 1.54) is 0 Å². The number of ether oxygens (including phenoxy) is 2. The van der Waals surface area contributed by atoms with Gasteiger partial charge in [0.2, 0.25) is 0 Å². The van der Waals surface area contributed by atoms with Gasteiger partial charge in [0.05, 0.1) is 19.3 Å². The van der Waals surface area contributed by atoms with Crippen molar-refractivity contribution in [3.05, 3.63) is 68.0 Å². The van der Waals surface area contributed by atoms with E-state index in [2.05, 4.69) is 0 Å². The molecule has 4 rings (SSSR count). The first-order valence-corrected chi connectivity index (χ1v) is 12.6. The van der Waals surface area contributed by atoms with Gasteiger partial charge in [-0.1, -0.05) is 23.7 Å². The van der Waals surface area contributed by atoms with Crippen molar-refractivity contribution in [2.45, 2.75) is 43.6 Å². The normalized spacial score (nSPS) is 32.3. The zero-order chi connectivity index (χ0) is 26.1. The minimum atomic E-state index is -4.20. The molecule has 11 nitrogen and oxygen atoms in total. The van der Waals surface area contributed by atoms with E-state index in [-0.39, 0.29) is 6.61 Å². The lowest BCUT2D eigenvalue weighted by atomic mass is 9.98. The Morgan fingerprint density at radius 1 is 1.36 bits per heavy atom. The summed E-state index contributed by atoms with van der Waals surface area (Å²) in [5, 5.41) is 0.445. The van der Waals surface area contributed by atoms with Crippen LogP contribution in [0.15, 0.2) is 46.1 Å². The summed E-state index contributed by atoms with van der Waals surface area (Å²) in [5.74, 6) is -1.38. The summed E-state index contributed by atoms with van der Waals surface area (Å²) in [6.07, 6.45) is -4.27. The summed E-state index contributed by atoms with van der Waals surface area (Å²) in [4.78, 5) is 37.2. The van der Waals surface area contributed by atoms with Crippen molar-refractivity contribution in [2.75, 3.05) is 19.9 Å². The van der Waals surface area contributed by atoms with Crippen LogP contribution in [0, 0.1) is 0 Å². The first-order valence-electron chi connectivity index (χ1n) is 10.8. The number of nitrogens with zero attached hydrogens (tertiary/aromatic N) is 1. The number of aromatic nitrogens is 2. The molecule has 0 unspecified atom stereocenters. The highest BCUT2D eigenvalue weighted by atomic mass is 35.5. The van der Waals surface area contributed by atoms with Crippen molar-refractivity contribution in [3.8, 4) is 0 Å². The fraction of sp³-hybridized carbons (Fsp3) is 0.476. The van der Waals surface area contributed by atoms with Gasteiger partial charge in [0.1, 0.15) is 6.10 Å². The fourth-order valence-corrected chi connectivity index (χ4v) is 5.58. The topological polar surface area (TPSA) is 135 Å². The minimum Gasteiger partial charge on any atom is -0.454 e. The summed E-state index contributed by atoms with van der Waals surface area (Å²) < 4.78 is 69.2. The SMILES string of the molecule is C[C@@]1(F)[C@H](OC(=O)CF)[C@@H](CO[P@@]2(=O)OCC[C@@H](c3cccc(Cl)c3)O2)O[C@H]1n1ccc(=O)[nH]c1=O. The van der Waals surface area contributed by atoms with Gasteiger partial charge < -0.3 is 9.47 Å². The molecular weight excluding hydrogens is 529 g/mol. The Balaban J connectivity index is 1.54. The van der Waals surface area contributed by atoms with Crippen LogP contribution >= 0.6 is 19.4 Å². The van der Waals surface area contributed by atoms with Crippen LogP contribution in [-0.2, 0) is 32.4 Å². The molecule has 6 atom stereocenters. The molecule has 15 heteroatoms. The van der Waals surface area contributed by atoms with E-state index in [1.807, 2.05) is 4.98 Å². The summed E-state index contributed by atoms with van der Waals surface area (Å²) in [7, 11) is -4.20. The van der Waals surface area contributed by atoms with Gasteiger partial charge in [0, 0.05) is 23.7 Å². The largest absolute Gasteiger partial charge is 0.475 e. The van der Waals surface area contributed by atoms with Crippen LogP contribution in [0.25, 0.3) is 0 Å². The first kappa shape index (κ1) is 26.6. The van der Waals surface area contributed by atoms with Gasteiger partial charge in [0.15, 0.2) is 24.7 Å². The highest BCUT2D eigenvalue weighted by Gasteiger charge is 2.58. The highest BCUT2D eigenvalue weighted by Crippen LogP contribution is 2.57. The lowest BCUT2D eigenvalue weighted by Gasteiger charge is -2.30. The number of esters is 1. The van der Waals surface area contributed by atoms with Crippen molar-refractivity contribution in [3.63, 3.8) is 0 Å². The van der Waals surface area contributed by atoms with Crippen molar-refractivity contribution in [2.24, 2.45) is 0 Å². The average Bonchev–Trinajstić information content (AvgIpc) is 3.07. The van der Waals surface area contributed by atoms with Gasteiger partial charge in [-0.25, -0.2) is 22.9 Å². The van der Waals surface area contributed by atoms with E-state index in [9.17, 15) is 23.3 Å². The predicted molar refractivity (Wildman–Crippen MR) is 120 cm³/mol. The van der Waals surface area contributed by atoms with Gasteiger partial charge >= 0.3 is 19.5 Å². The molecule has 1 aromatic heterocycles. The molecule has 0 aliphatic carbocycles. The van der Waals surface area contributed by atoms with Crippen molar-refractivity contribution in [1.82, 2.24) is 9.55 Å². The number of halogens is 3. The van der Waals surface area contributed by atoms with E-state index >= 15 is 4.39 Å². The molecule has 1 N–H and O–H groups in total. The van der Waals surface area contributed by atoms with Crippen molar-refractivity contribution >= 4 is 25.4 Å². The summed E-state index contributed by atoms with van der Waals surface area (Å²) in [5.41, 5.74) is -3.68. The quantitative estimate of drug-likeness (QED) is 0.407. The molecule has 2 aliphatic rings. The molecule has 3 heterocycles. The maximum atomic E-state index is 15.9. The van der Waals surface area contributed by atoms with Crippen LogP contribution < -0.4 is 11.2 Å². The van der Waals surface area contributed by atoms with E-state index in [1.54, 1.807) is 24.3 Å². The summed E-state index contributed by atoms with van der Waals surface area (Å²) >= 11 is 6.01. The number of benzene rings is 1. The van der Waals surface area contributed by atoms with Crippen LogP contribution in [0.4, 0.5) is 8.78 Å². The Labute approximate surface area is 207 Å². The number of carbonyl (C=O) groups excluding carboxylic acids is 1. The first-order chi connectivity index (χ1) is 17.0. The van der Waals surface area contributed by atoms with Gasteiger partial charge in [-0.15, -0.1) is 0 Å². The Hall–Kier alpha value is -2.41. The number of carbonyl (C=O) groups is 1. The molecule has 0 amide bonds. The third-order valence-electron chi connectivity index (χ3n) is 5.66. The molecule has 0 bridgehead atoms. The van der Waals surface area contributed by atoms with E-state index in [0.717, 1.165) is 23.8 Å². The molecule has 1 aromatic carbocycles. The van der Waals surface area contributed by atoms with E-state index in [0.29, 0.717) is 17.0 Å². The molecule has 196 valence electrons. The zero-order valence-corrected chi connectivity index (χ0v) is 20.5. The lowest BCUT2D eigenvalue weighted by Crippen LogP contribution is -2.46. The van der Waals surface area contributed by atoms with E-state index < -0.39 is 68.5 Å². The smallest absolute Gasteiger partial charge is 0.454 e. The maximum Gasteiger partial charge on any atom is 0.475 e. The molecule has 2 fully saturated rings. The van der Waals surface area contributed by atoms with Crippen LogP contribution in [-0.4, -0.2) is 53.3 Å². The van der Waals surface area contributed by atoms with Crippen LogP contribution in [0.3, 0.4) is 0 Å². The molecule has 2 aromatic rings. The molecule has 2 aliphatic heterocycles. The number of hydrogen-bond donors (Lipinski definition) is 1. The Kier molecular flexibility index (Phi) is 7.79. The number of nitrogens with one attached hydrogen (secondary N) is 1. The fourth-order valence-electron chi connectivity index (χ4n) is 3.99. The van der Waals surface area contributed by atoms with Crippen LogP contribution in [0.1, 0.15) is 31.2 Å². The number of aromatic amines is 1. The number of alkyl halides is 2.